The number of hydrogen-bond donors (Lipinski definition) is 0. The van der Waals surface area contributed by atoms with Crippen molar-refractivity contribution in [1.82, 2.24) is 4.90 Å². The van der Waals surface area contributed by atoms with Gasteiger partial charge in [0.05, 0.1) is 10.6 Å². The number of aliphatic imine (C=N–C) groups is 1. The van der Waals surface area contributed by atoms with Gasteiger partial charge in [0, 0.05) is 16.8 Å². The van der Waals surface area contributed by atoms with Gasteiger partial charge in [-0.15, -0.1) is 11.3 Å². The van der Waals surface area contributed by atoms with Gasteiger partial charge in [0.2, 0.25) is 0 Å². The van der Waals surface area contributed by atoms with E-state index in [9.17, 15) is 4.79 Å². The maximum Gasteiger partial charge on any atom is 0.266 e. The van der Waals surface area contributed by atoms with Crippen LogP contribution in [0, 0.1) is 6.92 Å². The monoisotopic (exact) mass is 390 g/mol. The number of carbonyl (C=O) groups is 1. The lowest BCUT2D eigenvalue weighted by Crippen LogP contribution is -2.23. The number of thiophene rings is 1. The van der Waals surface area contributed by atoms with E-state index in [4.69, 9.17) is 0 Å². The molecule has 27 heavy (non-hydrogen) atoms. The molecule has 0 N–H and O–H groups in total. The van der Waals surface area contributed by atoms with Gasteiger partial charge in [-0.3, -0.25) is 9.69 Å². The van der Waals surface area contributed by atoms with Crippen molar-refractivity contribution in [3.05, 3.63) is 82.1 Å². The molecule has 0 spiro atoms. The van der Waals surface area contributed by atoms with Gasteiger partial charge in [0.1, 0.15) is 0 Å². The number of amides is 1. The molecule has 134 valence electrons. The van der Waals surface area contributed by atoms with E-state index in [1.807, 2.05) is 55.5 Å². The van der Waals surface area contributed by atoms with Gasteiger partial charge in [-0.25, -0.2) is 4.99 Å². The highest BCUT2D eigenvalue weighted by Crippen LogP contribution is 2.35. The Morgan fingerprint density at radius 3 is 2.44 bits per heavy atom. The molecule has 1 aromatic heterocycles. The first-order valence-corrected chi connectivity index (χ1v) is 10.2. The second-order valence-corrected chi connectivity index (χ2v) is 8.40. The van der Waals surface area contributed by atoms with Crippen LogP contribution in [0.5, 0.6) is 0 Å². The number of hydrogen-bond acceptors (Lipinski definition) is 4. The minimum atomic E-state index is -0.0134. The second kappa shape index (κ2) is 7.55. The second-order valence-electron chi connectivity index (χ2n) is 6.27. The molecular formula is C22H18N2OS2. The van der Waals surface area contributed by atoms with Crippen LogP contribution < -0.4 is 0 Å². The van der Waals surface area contributed by atoms with E-state index in [2.05, 4.69) is 29.3 Å². The summed E-state index contributed by atoms with van der Waals surface area (Å²) in [6, 6.07) is 22.4. The Balaban J connectivity index is 1.58. The summed E-state index contributed by atoms with van der Waals surface area (Å²) in [6.07, 6.45) is 1.96. The molecule has 2 heterocycles. The number of rotatable bonds is 3. The highest BCUT2D eigenvalue weighted by molar-refractivity contribution is 8.18. The van der Waals surface area contributed by atoms with E-state index in [-0.39, 0.29) is 5.91 Å². The fraction of sp³-hybridized carbons (Fsp3) is 0.0909. The summed E-state index contributed by atoms with van der Waals surface area (Å²) in [5.74, 6) is -0.0134. The van der Waals surface area contributed by atoms with Crippen LogP contribution in [0.2, 0.25) is 0 Å². The number of benzene rings is 2. The van der Waals surface area contributed by atoms with Gasteiger partial charge in [-0.05, 0) is 54.6 Å². The molecular weight excluding hydrogens is 372 g/mol. The molecule has 1 aliphatic heterocycles. The lowest BCUT2D eigenvalue weighted by Gasteiger charge is -2.07. The molecule has 4 rings (SSSR count). The van der Waals surface area contributed by atoms with Gasteiger partial charge in [-0.2, -0.15) is 0 Å². The number of nitrogens with zero attached hydrogens (tertiary/aromatic N) is 2. The smallest absolute Gasteiger partial charge is 0.266 e. The van der Waals surface area contributed by atoms with Crippen molar-refractivity contribution >= 4 is 45.9 Å². The third kappa shape index (κ3) is 3.89. The third-order valence-electron chi connectivity index (χ3n) is 4.22. The zero-order chi connectivity index (χ0) is 18.8. The van der Waals surface area contributed by atoms with E-state index in [0.717, 1.165) is 10.6 Å². The van der Waals surface area contributed by atoms with Crippen LogP contribution in [0.1, 0.15) is 10.4 Å². The summed E-state index contributed by atoms with van der Waals surface area (Å²) in [5, 5.41) is 0.704. The van der Waals surface area contributed by atoms with E-state index < -0.39 is 0 Å². The van der Waals surface area contributed by atoms with E-state index in [0.29, 0.717) is 10.1 Å². The molecule has 2 aromatic carbocycles. The quantitative estimate of drug-likeness (QED) is 0.517. The van der Waals surface area contributed by atoms with Gasteiger partial charge >= 0.3 is 0 Å². The van der Waals surface area contributed by atoms with E-state index >= 15 is 0 Å². The van der Waals surface area contributed by atoms with Crippen LogP contribution in [0.15, 0.2) is 76.6 Å². The molecule has 1 amide bonds. The minimum absolute atomic E-state index is 0.0134. The van der Waals surface area contributed by atoms with Gasteiger partial charge in [0.25, 0.3) is 5.91 Å². The van der Waals surface area contributed by atoms with Crippen molar-refractivity contribution in [3.8, 4) is 10.4 Å². The number of aryl methyl sites for hydroxylation is 1. The Morgan fingerprint density at radius 1 is 0.963 bits per heavy atom. The van der Waals surface area contributed by atoms with Gasteiger partial charge < -0.3 is 0 Å². The van der Waals surface area contributed by atoms with Crippen LogP contribution in [0.4, 0.5) is 5.69 Å². The molecule has 0 bridgehead atoms. The standard InChI is InChI=1S/C22H18N2OS2/c1-15-8-10-17(11-9-15)23-22-24(2)21(25)20(27-22)14-18-12-13-19(26-18)16-6-4-3-5-7-16/h3-14H,1-2H3. The summed E-state index contributed by atoms with van der Waals surface area (Å²) < 4.78 is 0. The average molecular weight is 391 g/mol. The predicted octanol–water partition coefficient (Wildman–Crippen LogP) is 5.96. The van der Waals surface area contributed by atoms with Crippen LogP contribution in [0.25, 0.3) is 16.5 Å². The molecule has 0 atom stereocenters. The molecule has 0 saturated carbocycles. The first-order chi connectivity index (χ1) is 13.1. The summed E-state index contributed by atoms with van der Waals surface area (Å²) in [6.45, 7) is 2.04. The maximum atomic E-state index is 12.6. The van der Waals surface area contributed by atoms with Crippen LogP contribution >= 0.6 is 23.1 Å². The topological polar surface area (TPSA) is 32.7 Å². The normalized spacial score (nSPS) is 17.3. The number of thioether (sulfide) groups is 1. The Bertz CT molecular complexity index is 1030. The van der Waals surface area contributed by atoms with Crippen LogP contribution in [-0.4, -0.2) is 23.0 Å². The third-order valence-corrected chi connectivity index (χ3v) is 6.36. The zero-order valence-electron chi connectivity index (χ0n) is 15.0. The predicted molar refractivity (Wildman–Crippen MR) is 116 cm³/mol. The molecule has 1 fully saturated rings. The minimum Gasteiger partial charge on any atom is -0.290 e. The lowest BCUT2D eigenvalue weighted by molar-refractivity contribution is -0.121. The Hall–Kier alpha value is -2.63. The lowest BCUT2D eigenvalue weighted by atomic mass is 10.2. The highest BCUT2D eigenvalue weighted by atomic mass is 32.2. The maximum absolute atomic E-state index is 12.6. The number of amidine groups is 1. The Labute approximate surface area is 167 Å². The molecule has 5 heteroatoms. The summed E-state index contributed by atoms with van der Waals surface area (Å²) in [7, 11) is 1.77. The molecule has 0 aliphatic carbocycles. The largest absolute Gasteiger partial charge is 0.290 e. The summed E-state index contributed by atoms with van der Waals surface area (Å²) >= 11 is 3.10. The molecule has 0 unspecified atom stereocenters. The van der Waals surface area contributed by atoms with Gasteiger partial charge in [0.15, 0.2) is 5.17 Å². The molecule has 3 nitrogen and oxygen atoms in total. The Morgan fingerprint density at radius 2 is 1.70 bits per heavy atom. The van der Waals surface area contributed by atoms with Crippen molar-refractivity contribution in [2.75, 3.05) is 7.05 Å². The number of likely N-dealkylation sites (N-methyl/N-ethyl adjacent to an activating group) is 1. The van der Waals surface area contributed by atoms with Crippen molar-refractivity contribution in [3.63, 3.8) is 0 Å². The molecule has 1 saturated heterocycles. The van der Waals surface area contributed by atoms with Gasteiger partial charge in [-0.1, -0.05) is 48.0 Å². The summed E-state index contributed by atoms with van der Waals surface area (Å²) in [4.78, 5) is 21.8. The van der Waals surface area contributed by atoms with Crippen LogP contribution in [-0.2, 0) is 4.79 Å². The number of carbonyl (C=O) groups excluding carboxylic acids is 1. The van der Waals surface area contributed by atoms with E-state index in [1.54, 1.807) is 23.3 Å². The van der Waals surface area contributed by atoms with Crippen molar-refractivity contribution < 1.29 is 4.79 Å². The molecule has 3 aromatic rings. The molecule has 0 radical (unpaired) electrons. The SMILES string of the molecule is Cc1ccc(N=C2SC(=Cc3ccc(-c4ccccc4)s3)C(=O)N2C)cc1. The fourth-order valence-corrected chi connectivity index (χ4v) is 4.71. The average Bonchev–Trinajstić information content (AvgIpc) is 3.26. The molecule has 1 aliphatic rings. The van der Waals surface area contributed by atoms with E-state index in [1.165, 1.54) is 27.8 Å². The van der Waals surface area contributed by atoms with Crippen molar-refractivity contribution in [1.29, 1.82) is 0 Å². The zero-order valence-corrected chi connectivity index (χ0v) is 16.7. The van der Waals surface area contributed by atoms with Crippen LogP contribution in [0.3, 0.4) is 0 Å². The van der Waals surface area contributed by atoms with Crippen molar-refractivity contribution in [2.24, 2.45) is 4.99 Å². The fourth-order valence-electron chi connectivity index (χ4n) is 2.70. The first kappa shape index (κ1) is 17.8. The first-order valence-electron chi connectivity index (χ1n) is 8.58. The highest BCUT2D eigenvalue weighted by Gasteiger charge is 2.30. The summed E-state index contributed by atoms with van der Waals surface area (Å²) in [5.41, 5.74) is 3.23. The van der Waals surface area contributed by atoms with Crippen molar-refractivity contribution in [2.45, 2.75) is 6.92 Å². The Kier molecular flexibility index (Phi) is 4.97.